The van der Waals surface area contributed by atoms with Crippen molar-refractivity contribution < 1.29 is 23.9 Å². The number of nitrogens with zero attached hydrogens (tertiary/aromatic N) is 1. The second-order valence-corrected chi connectivity index (χ2v) is 6.55. The van der Waals surface area contributed by atoms with Crippen LogP contribution in [-0.4, -0.2) is 24.6 Å². The van der Waals surface area contributed by atoms with Crippen molar-refractivity contribution in [2.75, 3.05) is 13.7 Å². The van der Waals surface area contributed by atoms with Crippen LogP contribution in [0.25, 0.3) is 6.08 Å². The topological polar surface area (TPSA) is 87.9 Å². The van der Waals surface area contributed by atoms with Crippen molar-refractivity contribution in [3.05, 3.63) is 67.3 Å². The Hall–Kier alpha value is -3.06. The molecule has 0 aliphatic carbocycles. The van der Waals surface area contributed by atoms with Gasteiger partial charge >= 0.3 is 5.97 Å². The number of hydrogen-bond donors (Lipinski definition) is 0. The van der Waals surface area contributed by atoms with Crippen LogP contribution in [0.4, 0.5) is 5.69 Å². The van der Waals surface area contributed by atoms with Gasteiger partial charge in [-0.15, -0.1) is 6.42 Å². The molecular formula is C20H16INO6. The van der Waals surface area contributed by atoms with Crippen LogP contribution >= 0.6 is 22.6 Å². The standard InChI is InChI=1S/C20H16INO6/c1-3-10-27-19(23)9-6-15-11-17(21)20(18(12-15)26-2)28-13-14-4-7-16(8-5-14)22(24)25/h1,4-9,11-12H,10,13H2,2H3/b9-6+. The molecule has 0 aliphatic heterocycles. The summed E-state index contributed by atoms with van der Waals surface area (Å²) < 4.78 is 16.8. The zero-order chi connectivity index (χ0) is 20.5. The molecule has 144 valence electrons. The largest absolute Gasteiger partial charge is 0.493 e. The summed E-state index contributed by atoms with van der Waals surface area (Å²) in [5.41, 5.74) is 1.53. The first-order valence-electron chi connectivity index (χ1n) is 7.96. The number of methoxy groups -OCH3 is 1. The van der Waals surface area contributed by atoms with E-state index in [0.29, 0.717) is 11.5 Å². The molecule has 0 amide bonds. The summed E-state index contributed by atoms with van der Waals surface area (Å²) in [6.45, 7) is 0.136. The number of carbonyl (C=O) groups excluding carboxylic acids is 1. The molecule has 0 saturated heterocycles. The van der Waals surface area contributed by atoms with E-state index < -0.39 is 10.9 Å². The van der Waals surface area contributed by atoms with Crippen molar-refractivity contribution >= 4 is 40.3 Å². The van der Waals surface area contributed by atoms with Gasteiger partial charge < -0.3 is 14.2 Å². The van der Waals surface area contributed by atoms with Crippen LogP contribution < -0.4 is 9.47 Å². The molecular weight excluding hydrogens is 477 g/mol. The number of ether oxygens (including phenoxy) is 3. The van der Waals surface area contributed by atoms with Gasteiger partial charge in [-0.25, -0.2) is 4.79 Å². The first kappa shape index (κ1) is 21.2. The number of carbonyl (C=O) groups is 1. The van der Waals surface area contributed by atoms with E-state index in [4.69, 9.17) is 20.6 Å². The van der Waals surface area contributed by atoms with Crippen molar-refractivity contribution in [2.24, 2.45) is 0 Å². The van der Waals surface area contributed by atoms with E-state index in [1.807, 2.05) is 6.07 Å². The van der Waals surface area contributed by atoms with Gasteiger partial charge in [0, 0.05) is 18.2 Å². The van der Waals surface area contributed by atoms with E-state index >= 15 is 0 Å². The number of rotatable bonds is 8. The number of hydrogen-bond acceptors (Lipinski definition) is 6. The normalized spacial score (nSPS) is 10.3. The van der Waals surface area contributed by atoms with E-state index in [9.17, 15) is 14.9 Å². The average molecular weight is 493 g/mol. The molecule has 0 saturated carbocycles. The second-order valence-electron chi connectivity index (χ2n) is 5.39. The van der Waals surface area contributed by atoms with Crippen LogP contribution in [0.1, 0.15) is 11.1 Å². The van der Waals surface area contributed by atoms with Gasteiger partial charge in [0.1, 0.15) is 6.61 Å². The number of benzene rings is 2. The van der Waals surface area contributed by atoms with Crippen molar-refractivity contribution in [1.29, 1.82) is 0 Å². The number of esters is 1. The highest BCUT2D eigenvalue weighted by Gasteiger charge is 2.12. The van der Waals surface area contributed by atoms with Crippen molar-refractivity contribution in [3.63, 3.8) is 0 Å². The molecule has 0 atom stereocenters. The SMILES string of the molecule is C#CCOC(=O)/C=C/c1cc(I)c(OCc2ccc([N+](=O)[O-])cc2)c(OC)c1. The first-order chi connectivity index (χ1) is 13.4. The first-order valence-corrected chi connectivity index (χ1v) is 9.04. The van der Waals surface area contributed by atoms with Crippen molar-refractivity contribution in [2.45, 2.75) is 6.61 Å². The fourth-order valence-corrected chi connectivity index (χ4v) is 2.95. The van der Waals surface area contributed by atoms with Gasteiger partial charge in [-0.1, -0.05) is 5.92 Å². The van der Waals surface area contributed by atoms with Crippen LogP contribution in [0.2, 0.25) is 0 Å². The molecule has 0 spiro atoms. The number of terminal acetylenes is 1. The molecule has 2 aromatic rings. The maximum Gasteiger partial charge on any atom is 0.331 e. The number of halogens is 1. The monoisotopic (exact) mass is 493 g/mol. The Morgan fingerprint density at radius 3 is 2.64 bits per heavy atom. The average Bonchev–Trinajstić information content (AvgIpc) is 2.69. The third-order valence-corrected chi connectivity index (χ3v) is 4.29. The molecule has 28 heavy (non-hydrogen) atoms. The van der Waals surface area contributed by atoms with Crippen LogP contribution in [0.5, 0.6) is 11.5 Å². The van der Waals surface area contributed by atoms with Crippen LogP contribution in [0.3, 0.4) is 0 Å². The van der Waals surface area contributed by atoms with E-state index in [1.54, 1.807) is 24.3 Å². The molecule has 2 rings (SSSR count). The molecule has 2 aromatic carbocycles. The quantitative estimate of drug-likeness (QED) is 0.138. The van der Waals surface area contributed by atoms with E-state index in [1.165, 1.54) is 25.3 Å². The van der Waals surface area contributed by atoms with Gasteiger partial charge in [0.25, 0.3) is 5.69 Å². The summed E-state index contributed by atoms with van der Waals surface area (Å²) in [7, 11) is 1.51. The van der Waals surface area contributed by atoms with E-state index in [0.717, 1.165) is 14.7 Å². The van der Waals surface area contributed by atoms with Crippen LogP contribution in [0, 0.1) is 26.0 Å². The molecule has 0 aliphatic rings. The Morgan fingerprint density at radius 2 is 2.04 bits per heavy atom. The second kappa shape index (κ2) is 10.3. The minimum absolute atomic E-state index is 0.0211. The summed E-state index contributed by atoms with van der Waals surface area (Å²) in [5, 5.41) is 10.7. The Balaban J connectivity index is 2.12. The summed E-state index contributed by atoms with van der Waals surface area (Å²) in [6.07, 6.45) is 7.90. The predicted octanol–water partition coefficient (Wildman–Crippen LogP) is 3.98. The van der Waals surface area contributed by atoms with Gasteiger partial charge in [0.15, 0.2) is 18.1 Å². The molecule has 8 heteroatoms. The van der Waals surface area contributed by atoms with Gasteiger partial charge in [0.2, 0.25) is 0 Å². The highest BCUT2D eigenvalue weighted by atomic mass is 127. The van der Waals surface area contributed by atoms with Gasteiger partial charge in [-0.2, -0.15) is 0 Å². The maximum absolute atomic E-state index is 11.5. The number of nitro groups is 1. The molecule has 0 fully saturated rings. The lowest BCUT2D eigenvalue weighted by atomic mass is 10.2. The van der Waals surface area contributed by atoms with Crippen LogP contribution in [0.15, 0.2) is 42.5 Å². The lowest BCUT2D eigenvalue weighted by Gasteiger charge is -2.13. The van der Waals surface area contributed by atoms with Crippen LogP contribution in [-0.2, 0) is 16.1 Å². The Labute approximate surface area is 175 Å². The molecule has 0 bridgehead atoms. The molecule has 0 radical (unpaired) electrons. The number of nitro benzene ring substituents is 1. The van der Waals surface area contributed by atoms with Crippen molar-refractivity contribution in [3.8, 4) is 23.8 Å². The minimum atomic E-state index is -0.537. The summed E-state index contributed by atoms with van der Waals surface area (Å²) in [6, 6.07) is 9.66. The lowest BCUT2D eigenvalue weighted by molar-refractivity contribution is -0.384. The molecule has 7 nitrogen and oxygen atoms in total. The third-order valence-electron chi connectivity index (χ3n) is 3.49. The third kappa shape index (κ3) is 5.99. The van der Waals surface area contributed by atoms with E-state index in [2.05, 4.69) is 28.5 Å². The summed E-state index contributed by atoms with van der Waals surface area (Å²) in [5.74, 6) is 2.71. The highest BCUT2D eigenvalue weighted by Crippen LogP contribution is 2.35. The summed E-state index contributed by atoms with van der Waals surface area (Å²) >= 11 is 2.10. The molecule has 0 heterocycles. The number of non-ortho nitro benzene ring substituents is 1. The molecule has 0 aromatic heterocycles. The smallest absolute Gasteiger partial charge is 0.331 e. The Bertz CT molecular complexity index is 931. The highest BCUT2D eigenvalue weighted by molar-refractivity contribution is 14.1. The fraction of sp³-hybridized carbons (Fsp3) is 0.150. The Morgan fingerprint density at radius 1 is 1.32 bits per heavy atom. The Kier molecular flexibility index (Phi) is 7.83. The maximum atomic E-state index is 11.5. The molecule has 0 unspecified atom stereocenters. The lowest BCUT2D eigenvalue weighted by Crippen LogP contribution is -2.01. The fourth-order valence-electron chi connectivity index (χ4n) is 2.17. The predicted molar refractivity (Wildman–Crippen MR) is 112 cm³/mol. The van der Waals surface area contributed by atoms with Gasteiger partial charge in [-0.3, -0.25) is 10.1 Å². The molecule has 0 N–H and O–H groups in total. The van der Waals surface area contributed by atoms with E-state index in [-0.39, 0.29) is 18.9 Å². The zero-order valence-electron chi connectivity index (χ0n) is 14.9. The minimum Gasteiger partial charge on any atom is -0.493 e. The summed E-state index contributed by atoms with van der Waals surface area (Å²) in [4.78, 5) is 21.8. The zero-order valence-corrected chi connectivity index (χ0v) is 17.0. The van der Waals surface area contributed by atoms with Gasteiger partial charge in [-0.05, 0) is 64.1 Å². The van der Waals surface area contributed by atoms with Crippen molar-refractivity contribution in [1.82, 2.24) is 0 Å². The van der Waals surface area contributed by atoms with Gasteiger partial charge in [0.05, 0.1) is 15.6 Å².